The lowest BCUT2D eigenvalue weighted by Gasteiger charge is -2.13. The van der Waals surface area contributed by atoms with Crippen molar-refractivity contribution in [1.82, 2.24) is 19.9 Å². The van der Waals surface area contributed by atoms with E-state index in [0.717, 1.165) is 61.1 Å². The summed E-state index contributed by atoms with van der Waals surface area (Å²) >= 11 is 1.84. The van der Waals surface area contributed by atoms with E-state index in [-0.39, 0.29) is 0 Å². The van der Waals surface area contributed by atoms with Gasteiger partial charge in [0.05, 0.1) is 15.9 Å². The smallest absolute Gasteiger partial charge is 0.164 e. The van der Waals surface area contributed by atoms with E-state index in [4.69, 9.17) is 19.9 Å². The highest BCUT2D eigenvalue weighted by atomic mass is 32.1. The second-order valence-electron chi connectivity index (χ2n) is 15.4. The number of nitrogens with zero attached hydrogens (tertiary/aromatic N) is 4. The Kier molecular flexibility index (Phi) is 8.32. The van der Waals surface area contributed by atoms with Crippen LogP contribution in [0, 0.1) is 0 Å². The number of fused-ring (bicyclic) bond motifs is 8. The number of pyridine rings is 1. The molecule has 12 aromatic rings. The van der Waals surface area contributed by atoms with Gasteiger partial charge in [-0.1, -0.05) is 170 Å². The maximum absolute atomic E-state index is 5.51. The number of hydrogen-bond donors (Lipinski definition) is 0. The van der Waals surface area contributed by atoms with Gasteiger partial charge in [0.25, 0.3) is 0 Å². The maximum atomic E-state index is 5.51. The first-order chi connectivity index (χ1) is 30.2. The zero-order valence-electron chi connectivity index (χ0n) is 32.8. The van der Waals surface area contributed by atoms with Crippen molar-refractivity contribution in [2.24, 2.45) is 0 Å². The van der Waals surface area contributed by atoms with Crippen LogP contribution in [0.3, 0.4) is 0 Å². The Bertz CT molecular complexity index is 3590. The summed E-state index contributed by atoms with van der Waals surface area (Å²) in [7, 11) is 0. The molecule has 3 aromatic heterocycles. The number of rotatable bonds is 6. The predicted octanol–water partition coefficient (Wildman–Crippen LogP) is 15.1. The maximum Gasteiger partial charge on any atom is 0.164 e. The molecule has 9 aromatic carbocycles. The number of thiophene rings is 1. The molecule has 0 unspecified atom stereocenters. The third kappa shape index (κ3) is 6.14. The first kappa shape index (κ1) is 35.1. The first-order valence-corrected chi connectivity index (χ1v) is 21.3. The van der Waals surface area contributed by atoms with Crippen molar-refractivity contribution in [3.8, 4) is 67.7 Å². The fraction of sp³-hybridized carbons (Fsp3) is 0. The van der Waals surface area contributed by atoms with E-state index < -0.39 is 0 Å². The van der Waals surface area contributed by atoms with Gasteiger partial charge in [-0.05, 0) is 80.2 Å². The molecule has 3 heterocycles. The molecule has 61 heavy (non-hydrogen) atoms. The van der Waals surface area contributed by atoms with Crippen LogP contribution in [-0.4, -0.2) is 19.9 Å². The third-order valence-electron chi connectivity index (χ3n) is 11.7. The molecule has 284 valence electrons. The van der Waals surface area contributed by atoms with Crippen LogP contribution in [-0.2, 0) is 0 Å². The number of aromatic nitrogens is 4. The van der Waals surface area contributed by atoms with Gasteiger partial charge in [-0.15, -0.1) is 11.3 Å². The Morgan fingerprint density at radius 3 is 1.51 bits per heavy atom. The van der Waals surface area contributed by atoms with Gasteiger partial charge in [0.1, 0.15) is 0 Å². The second-order valence-corrected chi connectivity index (χ2v) is 16.4. The highest BCUT2D eigenvalue weighted by Crippen LogP contribution is 2.46. The van der Waals surface area contributed by atoms with Gasteiger partial charge in [0, 0.05) is 43.1 Å². The Morgan fingerprint density at radius 1 is 0.311 bits per heavy atom. The Balaban J connectivity index is 0.979. The lowest BCUT2D eigenvalue weighted by molar-refractivity contribution is 1.07. The predicted molar refractivity (Wildman–Crippen MR) is 256 cm³/mol. The van der Waals surface area contributed by atoms with E-state index in [0.29, 0.717) is 17.5 Å². The average Bonchev–Trinajstić information content (AvgIpc) is 3.74. The largest absolute Gasteiger partial charge is 0.246 e. The van der Waals surface area contributed by atoms with Crippen molar-refractivity contribution in [1.29, 1.82) is 0 Å². The molecule has 0 aliphatic carbocycles. The molecule has 0 atom stereocenters. The van der Waals surface area contributed by atoms with Crippen LogP contribution in [0.1, 0.15) is 0 Å². The van der Waals surface area contributed by atoms with Gasteiger partial charge >= 0.3 is 0 Å². The molecule has 4 nitrogen and oxygen atoms in total. The van der Waals surface area contributed by atoms with Crippen LogP contribution in [0.4, 0.5) is 0 Å². The second kappa shape index (κ2) is 14.5. The Labute approximate surface area is 356 Å². The molecule has 0 fully saturated rings. The lowest BCUT2D eigenvalue weighted by Crippen LogP contribution is -2.00. The van der Waals surface area contributed by atoms with Crippen LogP contribution < -0.4 is 0 Å². The van der Waals surface area contributed by atoms with Gasteiger partial charge < -0.3 is 0 Å². The molecule has 0 aliphatic rings. The van der Waals surface area contributed by atoms with Crippen molar-refractivity contribution in [2.75, 3.05) is 0 Å². The molecule has 0 radical (unpaired) electrons. The molecular formula is C56H34N4S. The minimum absolute atomic E-state index is 0.635. The van der Waals surface area contributed by atoms with E-state index in [1.165, 1.54) is 41.7 Å². The molecule has 0 aliphatic heterocycles. The lowest BCUT2D eigenvalue weighted by atomic mass is 9.93. The summed E-state index contributed by atoms with van der Waals surface area (Å²) in [5.41, 5.74) is 10.5. The monoisotopic (exact) mass is 794 g/mol. The van der Waals surface area contributed by atoms with Crippen LogP contribution in [0.5, 0.6) is 0 Å². The van der Waals surface area contributed by atoms with Crippen molar-refractivity contribution < 1.29 is 0 Å². The molecule has 0 saturated heterocycles. The van der Waals surface area contributed by atoms with Gasteiger partial charge in [0.2, 0.25) is 0 Å². The summed E-state index contributed by atoms with van der Waals surface area (Å²) in [6, 6.07) is 72.8. The Hall–Kier alpha value is -7.86. The topological polar surface area (TPSA) is 51.6 Å². The van der Waals surface area contributed by atoms with Gasteiger partial charge in [-0.3, -0.25) is 0 Å². The van der Waals surface area contributed by atoms with Crippen molar-refractivity contribution in [3.05, 3.63) is 206 Å². The van der Waals surface area contributed by atoms with Crippen molar-refractivity contribution in [2.45, 2.75) is 0 Å². The van der Waals surface area contributed by atoms with E-state index in [1.807, 2.05) is 72.0 Å². The number of benzene rings is 9. The normalized spacial score (nSPS) is 11.6. The fourth-order valence-corrected chi connectivity index (χ4v) is 9.97. The SMILES string of the molecule is c1ccc(-c2nc(-c3ccccc3)nc(-c3cccc(-c4cccc(-c5ccc6nc(-c7cc8ccccc8c8ccccc78)c7sc8ccccc8c7c6c5)c4)c3)n2)cc1. The van der Waals surface area contributed by atoms with Gasteiger partial charge in [0.15, 0.2) is 17.5 Å². The fourth-order valence-electron chi connectivity index (χ4n) is 8.75. The first-order valence-electron chi connectivity index (χ1n) is 20.5. The highest BCUT2D eigenvalue weighted by Gasteiger charge is 2.20. The summed E-state index contributed by atoms with van der Waals surface area (Å²) in [5, 5.41) is 8.61. The van der Waals surface area contributed by atoms with Crippen molar-refractivity contribution in [3.63, 3.8) is 0 Å². The molecule has 12 rings (SSSR count). The molecule has 0 bridgehead atoms. The van der Waals surface area contributed by atoms with Gasteiger partial charge in [-0.2, -0.15) is 0 Å². The van der Waals surface area contributed by atoms with E-state index in [9.17, 15) is 0 Å². The van der Waals surface area contributed by atoms with E-state index in [1.54, 1.807) is 0 Å². The average molecular weight is 795 g/mol. The number of hydrogen-bond acceptors (Lipinski definition) is 5. The van der Waals surface area contributed by atoms with Crippen LogP contribution in [0.15, 0.2) is 206 Å². The summed E-state index contributed by atoms with van der Waals surface area (Å²) < 4.78 is 2.47. The van der Waals surface area contributed by atoms with Crippen LogP contribution in [0.2, 0.25) is 0 Å². The van der Waals surface area contributed by atoms with Gasteiger partial charge in [-0.25, -0.2) is 19.9 Å². The molecule has 0 N–H and O–H groups in total. The molecule has 0 saturated carbocycles. The van der Waals surface area contributed by atoms with Crippen molar-refractivity contribution >= 4 is 64.0 Å². The quantitative estimate of drug-likeness (QED) is 0.157. The highest BCUT2D eigenvalue weighted by molar-refractivity contribution is 7.26. The summed E-state index contributed by atoms with van der Waals surface area (Å²) in [4.78, 5) is 20.4. The van der Waals surface area contributed by atoms with E-state index >= 15 is 0 Å². The zero-order valence-corrected chi connectivity index (χ0v) is 33.6. The summed E-state index contributed by atoms with van der Waals surface area (Å²) in [6.07, 6.45) is 0. The standard InChI is InChI=1S/C56H34N4S/c1-3-15-35(16-4-1)54-58-55(36-17-5-2-6-18-36)60-56(59-54)42-23-14-22-39(32-42)37-20-13-21-38(31-37)40-29-30-49-48(33-40)51-46-27-11-12-28-50(46)61-53(51)52(57-49)47-34-41-19-7-8-24-43(41)44-25-9-10-26-45(44)47/h1-34H. The zero-order chi connectivity index (χ0) is 40.3. The van der Waals surface area contributed by atoms with Crippen LogP contribution in [0.25, 0.3) is 120 Å². The minimum atomic E-state index is 0.635. The third-order valence-corrected chi connectivity index (χ3v) is 12.9. The molecule has 0 spiro atoms. The summed E-state index contributed by atoms with van der Waals surface area (Å²) in [6.45, 7) is 0. The molecule has 0 amide bonds. The summed E-state index contributed by atoms with van der Waals surface area (Å²) in [5.74, 6) is 1.93. The molecule has 5 heteroatoms. The van der Waals surface area contributed by atoms with Crippen LogP contribution >= 0.6 is 11.3 Å². The Morgan fingerprint density at radius 2 is 0.820 bits per heavy atom. The minimum Gasteiger partial charge on any atom is -0.246 e. The molecular weight excluding hydrogens is 761 g/mol. The van der Waals surface area contributed by atoms with E-state index in [2.05, 4.69) is 146 Å².